The van der Waals surface area contributed by atoms with Gasteiger partial charge in [0, 0.05) is 39.3 Å². The first-order valence-electron chi connectivity index (χ1n) is 8.02. The van der Waals surface area contributed by atoms with Gasteiger partial charge in [0.1, 0.15) is 5.75 Å². The third kappa shape index (κ3) is 2.11. The van der Waals surface area contributed by atoms with Crippen molar-refractivity contribution in [2.45, 2.75) is 6.42 Å². The lowest BCUT2D eigenvalue weighted by Crippen LogP contribution is -2.23. The van der Waals surface area contributed by atoms with Gasteiger partial charge in [0.05, 0.1) is 13.5 Å². The molecule has 0 spiro atoms. The Morgan fingerprint density at radius 1 is 1.53 bits per heavy atom. The number of benzene rings is 1. The van der Waals surface area contributed by atoms with Gasteiger partial charge in [-0.1, -0.05) is 6.07 Å². The first kappa shape index (κ1) is 6.10. The molecule has 0 unspecified atom stereocenters. The number of aromatic nitrogens is 1. The number of likely N-dealkylation sites (N-methyl/N-ethyl adjacent to an activating group) is 1. The summed E-state index contributed by atoms with van der Waals surface area (Å²) in [4.78, 5) is 15.2. The van der Waals surface area contributed by atoms with Crippen LogP contribution in [0, 0.1) is 0 Å². The number of carbonyl (C=O) groups is 1. The summed E-state index contributed by atoms with van der Waals surface area (Å²) in [6, 6.07) is 5.24. The van der Waals surface area contributed by atoms with E-state index in [4.69, 9.17) is 13.0 Å². The number of aromatic amines is 1. The van der Waals surface area contributed by atoms with Gasteiger partial charge in [0.2, 0.25) is 5.91 Å². The van der Waals surface area contributed by atoms with Gasteiger partial charge in [-0.05, 0) is 17.7 Å². The monoisotopic (exact) mass is 238 g/mol. The van der Waals surface area contributed by atoms with Crippen LogP contribution in [0.25, 0.3) is 10.9 Å². The Hall–Kier alpha value is -1.97. The molecular weight excluding hydrogens is 216 g/mol. The largest absolute Gasteiger partial charge is 0.496 e. The lowest BCUT2D eigenvalue weighted by molar-refractivity contribution is -0.127. The van der Waals surface area contributed by atoms with E-state index in [9.17, 15) is 4.79 Å². The quantitative estimate of drug-likeness (QED) is 0.886. The maximum Gasteiger partial charge on any atom is 0.226 e. The van der Waals surface area contributed by atoms with Crippen molar-refractivity contribution in [3.05, 3.63) is 30.0 Å². The number of amides is 1. The highest BCUT2D eigenvalue weighted by atomic mass is 16.5. The second-order valence-electron chi connectivity index (χ2n) is 3.60. The van der Waals surface area contributed by atoms with Crippen molar-refractivity contribution in [1.29, 1.82) is 0 Å². The van der Waals surface area contributed by atoms with Gasteiger partial charge in [-0.25, -0.2) is 0 Å². The average Bonchev–Trinajstić information content (AvgIpc) is 2.78. The SMILES string of the molecule is [2H]C([2H])([2H])N(C(=O)Cc1c[nH]c2cccc(OC)c12)C([2H])([2H])[2H]. The number of ether oxygens (including phenoxy) is 1. The maximum absolute atomic E-state index is 12.3. The molecule has 1 heterocycles. The zero-order valence-electron chi connectivity index (χ0n) is 15.3. The van der Waals surface area contributed by atoms with E-state index in [0.29, 0.717) is 22.2 Å². The van der Waals surface area contributed by atoms with E-state index in [1.54, 1.807) is 24.4 Å². The molecule has 0 bridgehead atoms. The van der Waals surface area contributed by atoms with Crippen molar-refractivity contribution in [3.8, 4) is 5.75 Å². The van der Waals surface area contributed by atoms with Crippen LogP contribution < -0.4 is 4.74 Å². The molecule has 0 aliphatic carbocycles. The van der Waals surface area contributed by atoms with Gasteiger partial charge in [0.25, 0.3) is 0 Å². The van der Waals surface area contributed by atoms with Crippen LogP contribution in [0.3, 0.4) is 0 Å². The zero-order valence-corrected chi connectivity index (χ0v) is 9.28. The molecule has 0 aliphatic rings. The van der Waals surface area contributed by atoms with Crippen LogP contribution in [-0.4, -0.2) is 36.9 Å². The minimum absolute atomic E-state index is 0.0335. The first-order chi connectivity index (χ1) is 10.6. The van der Waals surface area contributed by atoms with Gasteiger partial charge < -0.3 is 14.6 Å². The lowest BCUT2D eigenvalue weighted by atomic mass is 10.1. The molecule has 0 radical (unpaired) electrons. The normalized spacial score (nSPS) is 17.2. The topological polar surface area (TPSA) is 45.3 Å². The van der Waals surface area contributed by atoms with Gasteiger partial charge in [-0.3, -0.25) is 4.79 Å². The molecule has 17 heavy (non-hydrogen) atoms. The fourth-order valence-corrected chi connectivity index (χ4v) is 1.77. The number of carbonyl (C=O) groups excluding carboxylic acids is 1. The molecule has 1 aromatic carbocycles. The number of hydrogen-bond acceptors (Lipinski definition) is 2. The minimum atomic E-state index is -3.04. The molecule has 1 amide bonds. The predicted molar refractivity (Wildman–Crippen MR) is 67.2 cm³/mol. The molecule has 0 saturated heterocycles. The molecular formula is C13H16N2O2. The van der Waals surface area contributed by atoms with Crippen molar-refractivity contribution >= 4 is 16.8 Å². The number of hydrogen-bond donors (Lipinski definition) is 1. The van der Waals surface area contributed by atoms with Crippen LogP contribution in [0.5, 0.6) is 5.75 Å². The third-order valence-corrected chi connectivity index (χ3v) is 2.56. The molecule has 0 saturated carbocycles. The van der Waals surface area contributed by atoms with Crippen molar-refractivity contribution in [2.24, 2.45) is 0 Å². The van der Waals surface area contributed by atoms with Crippen molar-refractivity contribution in [2.75, 3.05) is 21.1 Å². The summed E-state index contributed by atoms with van der Waals surface area (Å²) < 4.78 is 49.0. The summed E-state index contributed by atoms with van der Waals surface area (Å²) in [6.45, 7) is -6.09. The molecule has 1 N–H and O–H groups in total. The molecule has 4 nitrogen and oxygen atoms in total. The third-order valence-electron chi connectivity index (χ3n) is 2.56. The number of methoxy groups -OCH3 is 1. The fraction of sp³-hybridized carbons (Fsp3) is 0.308. The summed E-state index contributed by atoms with van der Waals surface area (Å²) in [5, 5.41) is 0.624. The summed E-state index contributed by atoms with van der Waals surface area (Å²) >= 11 is 0. The van der Waals surface area contributed by atoms with Crippen molar-refractivity contribution in [1.82, 2.24) is 9.88 Å². The fourth-order valence-electron chi connectivity index (χ4n) is 1.77. The van der Waals surface area contributed by atoms with Crippen LogP contribution in [0.15, 0.2) is 24.4 Å². The van der Waals surface area contributed by atoms with E-state index < -0.39 is 19.9 Å². The summed E-state index contributed by atoms with van der Waals surface area (Å²) in [6.07, 6.45) is 1.18. The van der Waals surface area contributed by atoms with Crippen LogP contribution in [0.2, 0.25) is 0 Å². The highest BCUT2D eigenvalue weighted by molar-refractivity contribution is 5.93. The summed E-state index contributed by atoms with van der Waals surface area (Å²) in [7, 11) is 1.48. The smallest absolute Gasteiger partial charge is 0.226 e. The number of nitrogens with one attached hydrogen (secondary N) is 1. The van der Waals surface area contributed by atoms with Crippen LogP contribution in [0.1, 0.15) is 13.8 Å². The molecule has 2 aromatic rings. The predicted octanol–water partition coefficient (Wildman–Crippen LogP) is 1.81. The summed E-state index contributed by atoms with van der Waals surface area (Å²) in [5.41, 5.74) is 1.18. The molecule has 0 fully saturated rings. The molecule has 4 heteroatoms. The van der Waals surface area contributed by atoms with Crippen LogP contribution in [-0.2, 0) is 11.2 Å². The van der Waals surface area contributed by atoms with Gasteiger partial charge in [-0.15, -0.1) is 0 Å². The van der Waals surface area contributed by atoms with E-state index in [1.807, 2.05) is 0 Å². The molecule has 0 aliphatic heterocycles. The summed E-state index contributed by atoms with van der Waals surface area (Å²) in [5.74, 6) is -0.488. The number of rotatable bonds is 3. The van der Waals surface area contributed by atoms with E-state index in [1.165, 1.54) is 7.11 Å². The van der Waals surface area contributed by atoms with E-state index in [-0.39, 0.29) is 11.3 Å². The van der Waals surface area contributed by atoms with E-state index in [2.05, 4.69) is 4.98 Å². The number of fused-ring (bicyclic) bond motifs is 1. The molecule has 90 valence electrons. The van der Waals surface area contributed by atoms with Gasteiger partial charge in [-0.2, -0.15) is 0 Å². The van der Waals surface area contributed by atoms with E-state index >= 15 is 0 Å². The Morgan fingerprint density at radius 3 is 3.06 bits per heavy atom. The zero-order chi connectivity index (χ0) is 17.4. The standard InChI is InChI=1S/C13H16N2O2/c1-15(2)12(16)7-9-8-14-10-5-4-6-11(17-3)13(9)10/h4-6,8,14H,7H2,1-3H3/i1D3,2D3. The van der Waals surface area contributed by atoms with Crippen LogP contribution >= 0.6 is 0 Å². The van der Waals surface area contributed by atoms with Gasteiger partial charge >= 0.3 is 0 Å². The Labute approximate surface area is 109 Å². The Balaban J connectivity index is 2.40. The van der Waals surface area contributed by atoms with Crippen molar-refractivity contribution < 1.29 is 17.8 Å². The molecule has 0 atom stereocenters. The Kier molecular flexibility index (Phi) is 1.61. The molecule has 2 rings (SSSR count). The van der Waals surface area contributed by atoms with E-state index in [0.717, 1.165) is 0 Å². The second kappa shape index (κ2) is 4.49. The Morgan fingerprint density at radius 2 is 2.35 bits per heavy atom. The number of nitrogens with zero attached hydrogens (tertiary/aromatic N) is 1. The average molecular weight is 238 g/mol. The highest BCUT2D eigenvalue weighted by Gasteiger charge is 2.13. The highest BCUT2D eigenvalue weighted by Crippen LogP contribution is 2.28. The van der Waals surface area contributed by atoms with Crippen molar-refractivity contribution in [3.63, 3.8) is 0 Å². The number of H-pyrrole nitrogens is 1. The lowest BCUT2D eigenvalue weighted by Gasteiger charge is -2.10. The maximum atomic E-state index is 12.3. The molecule has 1 aromatic heterocycles. The van der Waals surface area contributed by atoms with Gasteiger partial charge in [0.15, 0.2) is 0 Å². The first-order valence-corrected chi connectivity index (χ1v) is 5.02. The Bertz CT molecular complexity index is 705. The second-order valence-corrected chi connectivity index (χ2v) is 3.60. The minimum Gasteiger partial charge on any atom is -0.496 e. The van der Waals surface area contributed by atoms with Crippen LogP contribution in [0.4, 0.5) is 0 Å².